The molecule has 1 N–H and O–H groups in total. The van der Waals surface area contributed by atoms with Gasteiger partial charge in [0.15, 0.2) is 0 Å². The molecule has 5 aromatic carbocycles. The number of hydrogen-bond donors (Lipinski definition) is 1. The molecular weight excluding hydrogens is 376 g/mol. The van der Waals surface area contributed by atoms with E-state index >= 15 is 0 Å². The van der Waals surface area contributed by atoms with Crippen LogP contribution in [0.25, 0.3) is 65.5 Å². The summed E-state index contributed by atoms with van der Waals surface area (Å²) in [5.74, 6) is 0. The minimum atomic E-state index is 1.03. The van der Waals surface area contributed by atoms with Gasteiger partial charge in [-0.05, 0) is 22.4 Å². The van der Waals surface area contributed by atoms with E-state index in [-0.39, 0.29) is 0 Å². The van der Waals surface area contributed by atoms with Crippen molar-refractivity contribution in [3.63, 3.8) is 0 Å². The van der Waals surface area contributed by atoms with Crippen LogP contribution in [0.2, 0.25) is 0 Å². The zero-order valence-electron chi connectivity index (χ0n) is 16.8. The monoisotopic (exact) mass is 394 g/mol. The van der Waals surface area contributed by atoms with Crippen LogP contribution in [0.3, 0.4) is 0 Å². The molecule has 0 aliphatic heterocycles. The summed E-state index contributed by atoms with van der Waals surface area (Å²) in [6.45, 7) is 0. The Kier molecular flexibility index (Phi) is 3.30. The van der Waals surface area contributed by atoms with E-state index in [0.717, 1.165) is 22.1 Å². The maximum Gasteiger partial charge on any atom is 0.0972 e. The first kappa shape index (κ1) is 16.6. The SMILES string of the molecule is c1ccc(-c2c3ccc4ccccc4c3nc3c2[nH]c2c4ccccc4ccc32)cc1. The Hall–Kier alpha value is -4.17. The fourth-order valence-electron chi connectivity index (χ4n) is 4.95. The molecule has 0 fully saturated rings. The van der Waals surface area contributed by atoms with Gasteiger partial charge in [-0.2, -0.15) is 0 Å². The van der Waals surface area contributed by atoms with E-state index in [0.29, 0.717) is 0 Å². The molecule has 0 bridgehead atoms. The molecule has 31 heavy (non-hydrogen) atoms. The number of pyridine rings is 1. The fourth-order valence-corrected chi connectivity index (χ4v) is 4.95. The Bertz CT molecular complexity index is 1780. The van der Waals surface area contributed by atoms with Gasteiger partial charge in [0, 0.05) is 27.1 Å². The first-order chi connectivity index (χ1) is 15.4. The standard InChI is InChI=1S/C29H18N2/c1-2-10-20(11-3-1)25-23-16-14-18-8-4-6-12-21(18)26(23)30-28-24-17-15-19-9-5-7-13-22(19)27(24)31-29(25)28/h1-17,31H. The van der Waals surface area contributed by atoms with Crippen molar-refractivity contribution in [3.8, 4) is 11.1 Å². The molecule has 0 saturated carbocycles. The van der Waals surface area contributed by atoms with Crippen molar-refractivity contribution in [1.82, 2.24) is 9.97 Å². The van der Waals surface area contributed by atoms with E-state index in [1.807, 2.05) is 0 Å². The summed E-state index contributed by atoms with van der Waals surface area (Å²) in [4.78, 5) is 9.02. The van der Waals surface area contributed by atoms with Crippen LogP contribution in [0.4, 0.5) is 0 Å². The molecule has 7 rings (SSSR count). The summed E-state index contributed by atoms with van der Waals surface area (Å²) in [6.07, 6.45) is 0. The minimum Gasteiger partial charge on any atom is -0.352 e. The number of aromatic amines is 1. The number of fused-ring (bicyclic) bond motifs is 8. The van der Waals surface area contributed by atoms with Crippen molar-refractivity contribution < 1.29 is 0 Å². The molecule has 2 aromatic heterocycles. The lowest BCUT2D eigenvalue weighted by Gasteiger charge is -2.11. The average Bonchev–Trinajstić information content (AvgIpc) is 3.22. The Labute approximate surface area is 178 Å². The van der Waals surface area contributed by atoms with Crippen molar-refractivity contribution in [2.24, 2.45) is 0 Å². The largest absolute Gasteiger partial charge is 0.352 e. The first-order valence-corrected chi connectivity index (χ1v) is 10.6. The third-order valence-corrected chi connectivity index (χ3v) is 6.38. The number of rotatable bonds is 1. The second-order valence-electron chi connectivity index (χ2n) is 8.09. The maximum atomic E-state index is 5.26. The molecule has 0 radical (unpaired) electrons. The predicted octanol–water partition coefficient (Wildman–Crippen LogP) is 7.84. The number of H-pyrrole nitrogens is 1. The van der Waals surface area contributed by atoms with Crippen LogP contribution < -0.4 is 0 Å². The average molecular weight is 394 g/mol. The predicted molar refractivity (Wildman–Crippen MR) is 132 cm³/mol. The first-order valence-electron chi connectivity index (χ1n) is 10.6. The number of nitrogens with one attached hydrogen (secondary N) is 1. The van der Waals surface area contributed by atoms with Crippen LogP contribution in [0.1, 0.15) is 0 Å². The van der Waals surface area contributed by atoms with E-state index in [1.165, 1.54) is 43.4 Å². The molecule has 0 saturated heterocycles. The molecule has 144 valence electrons. The Morgan fingerprint density at radius 1 is 0.452 bits per heavy atom. The van der Waals surface area contributed by atoms with Crippen molar-refractivity contribution in [1.29, 1.82) is 0 Å². The second-order valence-corrected chi connectivity index (χ2v) is 8.09. The highest BCUT2D eigenvalue weighted by Crippen LogP contribution is 2.40. The Morgan fingerprint density at radius 3 is 1.90 bits per heavy atom. The van der Waals surface area contributed by atoms with Crippen LogP contribution in [-0.2, 0) is 0 Å². The third-order valence-electron chi connectivity index (χ3n) is 6.38. The lowest BCUT2D eigenvalue weighted by atomic mass is 9.96. The van der Waals surface area contributed by atoms with Crippen LogP contribution in [-0.4, -0.2) is 9.97 Å². The van der Waals surface area contributed by atoms with Crippen molar-refractivity contribution in [2.75, 3.05) is 0 Å². The summed E-state index contributed by atoms with van der Waals surface area (Å²) in [5.41, 5.74) is 6.75. The highest BCUT2D eigenvalue weighted by Gasteiger charge is 2.17. The summed E-state index contributed by atoms with van der Waals surface area (Å²) in [6, 6.07) is 36.5. The van der Waals surface area contributed by atoms with Crippen molar-refractivity contribution >= 4 is 54.4 Å². The lowest BCUT2D eigenvalue weighted by molar-refractivity contribution is 1.50. The van der Waals surface area contributed by atoms with Crippen LogP contribution in [0.5, 0.6) is 0 Å². The van der Waals surface area contributed by atoms with Gasteiger partial charge in [0.1, 0.15) is 0 Å². The van der Waals surface area contributed by atoms with Crippen LogP contribution in [0, 0.1) is 0 Å². The van der Waals surface area contributed by atoms with Crippen LogP contribution in [0.15, 0.2) is 103 Å². The molecule has 2 nitrogen and oxygen atoms in total. The molecule has 0 spiro atoms. The van der Waals surface area contributed by atoms with E-state index in [2.05, 4.69) is 108 Å². The molecule has 2 heterocycles. The Morgan fingerprint density at radius 2 is 1.10 bits per heavy atom. The third kappa shape index (κ3) is 2.30. The van der Waals surface area contributed by atoms with Crippen LogP contribution >= 0.6 is 0 Å². The highest BCUT2D eigenvalue weighted by molar-refractivity contribution is 6.23. The zero-order chi connectivity index (χ0) is 20.4. The van der Waals surface area contributed by atoms with Gasteiger partial charge in [0.05, 0.1) is 22.1 Å². The fraction of sp³-hybridized carbons (Fsp3) is 0. The summed E-state index contributed by atoms with van der Waals surface area (Å²) >= 11 is 0. The van der Waals surface area contributed by atoms with Crippen molar-refractivity contribution in [2.45, 2.75) is 0 Å². The molecule has 0 aliphatic carbocycles. The molecule has 0 atom stereocenters. The van der Waals surface area contributed by atoms with E-state index in [1.54, 1.807) is 0 Å². The summed E-state index contributed by atoms with van der Waals surface area (Å²) in [5, 5.41) is 7.21. The van der Waals surface area contributed by atoms with E-state index in [4.69, 9.17) is 4.98 Å². The summed E-state index contributed by atoms with van der Waals surface area (Å²) in [7, 11) is 0. The lowest BCUT2D eigenvalue weighted by Crippen LogP contribution is -1.89. The van der Waals surface area contributed by atoms with Gasteiger partial charge in [-0.15, -0.1) is 0 Å². The van der Waals surface area contributed by atoms with Gasteiger partial charge in [0.2, 0.25) is 0 Å². The van der Waals surface area contributed by atoms with Gasteiger partial charge in [0.25, 0.3) is 0 Å². The molecular formula is C29H18N2. The minimum absolute atomic E-state index is 1.03. The molecule has 0 amide bonds. The van der Waals surface area contributed by atoms with Gasteiger partial charge >= 0.3 is 0 Å². The van der Waals surface area contributed by atoms with Gasteiger partial charge < -0.3 is 4.98 Å². The second kappa shape index (κ2) is 6.16. The van der Waals surface area contributed by atoms with Crippen molar-refractivity contribution in [3.05, 3.63) is 103 Å². The molecule has 0 aliphatic rings. The zero-order valence-corrected chi connectivity index (χ0v) is 16.8. The maximum absolute atomic E-state index is 5.26. The number of nitrogens with zero attached hydrogens (tertiary/aromatic N) is 1. The number of aromatic nitrogens is 2. The molecule has 0 unspecified atom stereocenters. The number of benzene rings is 5. The number of hydrogen-bond acceptors (Lipinski definition) is 1. The molecule has 2 heteroatoms. The van der Waals surface area contributed by atoms with Gasteiger partial charge in [-0.1, -0.05) is 97.1 Å². The van der Waals surface area contributed by atoms with Gasteiger partial charge in [-0.25, -0.2) is 4.98 Å². The smallest absolute Gasteiger partial charge is 0.0972 e. The topological polar surface area (TPSA) is 28.7 Å². The van der Waals surface area contributed by atoms with E-state index < -0.39 is 0 Å². The Balaban J connectivity index is 1.77. The normalized spacial score (nSPS) is 11.9. The van der Waals surface area contributed by atoms with Gasteiger partial charge in [-0.3, -0.25) is 0 Å². The summed E-state index contributed by atoms with van der Waals surface area (Å²) < 4.78 is 0. The quantitative estimate of drug-likeness (QED) is 0.282. The molecule has 7 aromatic rings. The highest BCUT2D eigenvalue weighted by atomic mass is 14.8. The van der Waals surface area contributed by atoms with E-state index in [9.17, 15) is 0 Å².